The van der Waals surface area contributed by atoms with E-state index in [0.29, 0.717) is 19.0 Å². The molecule has 2 heterocycles. The first kappa shape index (κ1) is 17.9. The molecule has 1 aliphatic rings. The van der Waals surface area contributed by atoms with Gasteiger partial charge >= 0.3 is 0 Å². The molecular weight excluding hydrogens is 316 g/mol. The number of ether oxygens (including phenoxy) is 1. The normalized spacial score (nSPS) is 16.9. The molecule has 1 unspecified atom stereocenters. The molecule has 1 fully saturated rings. The van der Waals surface area contributed by atoms with Gasteiger partial charge in [-0.2, -0.15) is 0 Å². The van der Waals surface area contributed by atoms with Crippen LogP contribution in [0.25, 0.3) is 11.0 Å². The van der Waals surface area contributed by atoms with Gasteiger partial charge in [0.1, 0.15) is 5.82 Å². The van der Waals surface area contributed by atoms with Gasteiger partial charge in [-0.25, -0.2) is 4.98 Å². The minimum atomic E-state index is 0.109. The average molecular weight is 344 g/mol. The number of carbonyl (C=O) groups excluding carboxylic acids is 1. The van der Waals surface area contributed by atoms with E-state index >= 15 is 0 Å². The molecule has 136 valence electrons. The van der Waals surface area contributed by atoms with E-state index in [9.17, 15) is 4.79 Å². The summed E-state index contributed by atoms with van der Waals surface area (Å²) in [4.78, 5) is 19.1. The molecule has 0 radical (unpaired) electrons. The smallest absolute Gasteiger partial charge is 0.220 e. The Morgan fingerprint density at radius 1 is 1.36 bits per heavy atom. The van der Waals surface area contributed by atoms with Crippen molar-refractivity contribution in [2.24, 2.45) is 7.05 Å². The molecule has 1 amide bonds. The third kappa shape index (κ3) is 4.38. The second-order valence-corrected chi connectivity index (χ2v) is 6.85. The number of nitrogens with zero attached hydrogens (tertiary/aromatic N) is 3. The van der Waals surface area contributed by atoms with Crippen molar-refractivity contribution in [2.75, 3.05) is 26.3 Å². The van der Waals surface area contributed by atoms with Crippen LogP contribution in [0.5, 0.6) is 0 Å². The minimum absolute atomic E-state index is 0.109. The first-order valence-electron chi connectivity index (χ1n) is 9.05. The van der Waals surface area contributed by atoms with E-state index in [2.05, 4.69) is 44.9 Å². The fourth-order valence-corrected chi connectivity index (χ4v) is 3.31. The highest BCUT2D eigenvalue weighted by molar-refractivity contribution is 5.78. The number of aromatic nitrogens is 2. The van der Waals surface area contributed by atoms with Crippen molar-refractivity contribution in [1.29, 1.82) is 0 Å². The number of hydrogen-bond acceptors (Lipinski definition) is 4. The molecule has 0 bridgehead atoms. The van der Waals surface area contributed by atoms with Gasteiger partial charge in [0.2, 0.25) is 5.91 Å². The Labute approximate surface area is 149 Å². The maximum atomic E-state index is 12.2. The monoisotopic (exact) mass is 344 g/mol. The number of morpholine rings is 1. The fourth-order valence-electron chi connectivity index (χ4n) is 3.31. The number of imidazole rings is 1. The lowest BCUT2D eigenvalue weighted by Gasteiger charge is -2.32. The summed E-state index contributed by atoms with van der Waals surface area (Å²) in [5.74, 6) is 1.10. The van der Waals surface area contributed by atoms with Crippen LogP contribution in [0.15, 0.2) is 18.2 Å². The second kappa shape index (κ2) is 7.97. The molecule has 0 aliphatic carbocycles. The number of rotatable bonds is 6. The Bertz CT molecular complexity index is 734. The van der Waals surface area contributed by atoms with Gasteiger partial charge < -0.3 is 14.6 Å². The van der Waals surface area contributed by atoms with Crippen LogP contribution in [-0.4, -0.2) is 52.7 Å². The molecule has 0 saturated carbocycles. The van der Waals surface area contributed by atoms with Crippen LogP contribution in [0.4, 0.5) is 0 Å². The molecule has 6 heteroatoms. The minimum Gasteiger partial charge on any atom is -0.379 e. The fraction of sp³-hybridized carbons (Fsp3) is 0.579. The molecule has 1 aromatic carbocycles. The van der Waals surface area contributed by atoms with E-state index in [0.717, 1.165) is 55.1 Å². The van der Waals surface area contributed by atoms with E-state index in [1.54, 1.807) is 0 Å². The zero-order chi connectivity index (χ0) is 17.8. The van der Waals surface area contributed by atoms with Crippen LogP contribution in [-0.2, 0) is 23.1 Å². The first-order chi connectivity index (χ1) is 12.0. The van der Waals surface area contributed by atoms with Gasteiger partial charge in [-0.1, -0.05) is 6.07 Å². The van der Waals surface area contributed by atoms with E-state index in [4.69, 9.17) is 4.74 Å². The Morgan fingerprint density at radius 2 is 2.12 bits per heavy atom. The molecule has 1 N–H and O–H groups in total. The second-order valence-electron chi connectivity index (χ2n) is 6.85. The standard InChI is InChI=1S/C19H28N4O2/c1-14(23-8-10-25-11-9-23)4-7-19(24)20-13-16-5-6-18-17(12-16)21-15(2)22(18)3/h5-6,12,14H,4,7-11,13H2,1-3H3,(H,20,24). The van der Waals surface area contributed by atoms with E-state index in [1.807, 2.05) is 14.0 Å². The number of aryl methyl sites for hydroxylation is 2. The Morgan fingerprint density at radius 3 is 2.88 bits per heavy atom. The van der Waals surface area contributed by atoms with Gasteiger partial charge in [-0.05, 0) is 38.0 Å². The summed E-state index contributed by atoms with van der Waals surface area (Å²) >= 11 is 0. The van der Waals surface area contributed by atoms with Gasteiger partial charge in [0.15, 0.2) is 0 Å². The van der Waals surface area contributed by atoms with E-state index in [-0.39, 0.29) is 5.91 Å². The highest BCUT2D eigenvalue weighted by atomic mass is 16.5. The van der Waals surface area contributed by atoms with Crippen LogP contribution >= 0.6 is 0 Å². The van der Waals surface area contributed by atoms with Gasteiger partial charge in [0.25, 0.3) is 0 Å². The maximum Gasteiger partial charge on any atom is 0.220 e. The number of hydrogen-bond donors (Lipinski definition) is 1. The average Bonchev–Trinajstić information content (AvgIpc) is 2.92. The van der Waals surface area contributed by atoms with Crippen LogP contribution in [0.1, 0.15) is 31.2 Å². The number of carbonyl (C=O) groups is 1. The van der Waals surface area contributed by atoms with Crippen LogP contribution in [0.2, 0.25) is 0 Å². The maximum absolute atomic E-state index is 12.2. The summed E-state index contributed by atoms with van der Waals surface area (Å²) in [6.07, 6.45) is 1.44. The molecule has 2 aromatic rings. The first-order valence-corrected chi connectivity index (χ1v) is 9.05. The molecule has 0 spiro atoms. The highest BCUT2D eigenvalue weighted by Crippen LogP contribution is 2.16. The third-order valence-electron chi connectivity index (χ3n) is 5.12. The van der Waals surface area contributed by atoms with Crippen molar-refractivity contribution in [3.63, 3.8) is 0 Å². The SMILES string of the molecule is Cc1nc2cc(CNC(=O)CCC(C)N3CCOCC3)ccc2n1C. The topological polar surface area (TPSA) is 59.4 Å². The summed E-state index contributed by atoms with van der Waals surface area (Å²) in [7, 11) is 2.02. The van der Waals surface area contributed by atoms with E-state index < -0.39 is 0 Å². The van der Waals surface area contributed by atoms with Gasteiger partial charge in [0.05, 0.1) is 24.2 Å². The lowest BCUT2D eigenvalue weighted by Crippen LogP contribution is -2.42. The lowest BCUT2D eigenvalue weighted by atomic mass is 10.1. The number of amides is 1. The summed E-state index contributed by atoms with van der Waals surface area (Å²) in [6.45, 7) is 8.26. The lowest BCUT2D eigenvalue weighted by molar-refractivity contribution is -0.121. The van der Waals surface area contributed by atoms with Crippen molar-refractivity contribution in [2.45, 2.75) is 39.3 Å². The van der Waals surface area contributed by atoms with E-state index in [1.165, 1.54) is 0 Å². The number of benzene rings is 1. The molecule has 1 aromatic heterocycles. The molecule has 25 heavy (non-hydrogen) atoms. The highest BCUT2D eigenvalue weighted by Gasteiger charge is 2.17. The summed E-state index contributed by atoms with van der Waals surface area (Å²) in [6, 6.07) is 6.60. The third-order valence-corrected chi connectivity index (χ3v) is 5.12. The Kier molecular flexibility index (Phi) is 5.71. The summed E-state index contributed by atoms with van der Waals surface area (Å²) in [5, 5.41) is 3.03. The molecule has 1 atom stereocenters. The predicted molar refractivity (Wildman–Crippen MR) is 98.4 cm³/mol. The molecular formula is C19H28N4O2. The number of fused-ring (bicyclic) bond motifs is 1. The molecule has 1 aliphatic heterocycles. The number of nitrogens with one attached hydrogen (secondary N) is 1. The summed E-state index contributed by atoms with van der Waals surface area (Å²) in [5.41, 5.74) is 3.18. The Balaban J connectivity index is 1.47. The Hall–Kier alpha value is -1.92. The zero-order valence-corrected chi connectivity index (χ0v) is 15.4. The van der Waals surface area contributed by atoms with Gasteiger partial charge in [0, 0.05) is 39.1 Å². The largest absolute Gasteiger partial charge is 0.379 e. The van der Waals surface area contributed by atoms with Gasteiger partial charge in [-0.15, -0.1) is 0 Å². The quantitative estimate of drug-likeness (QED) is 0.871. The van der Waals surface area contributed by atoms with Gasteiger partial charge in [-0.3, -0.25) is 9.69 Å². The van der Waals surface area contributed by atoms with Crippen LogP contribution in [0, 0.1) is 6.92 Å². The molecule has 3 rings (SSSR count). The van der Waals surface area contributed by atoms with Crippen molar-refractivity contribution in [3.8, 4) is 0 Å². The summed E-state index contributed by atoms with van der Waals surface area (Å²) < 4.78 is 7.45. The predicted octanol–water partition coefficient (Wildman–Crippen LogP) is 2.00. The zero-order valence-electron chi connectivity index (χ0n) is 15.4. The van der Waals surface area contributed by atoms with Crippen LogP contribution in [0.3, 0.4) is 0 Å². The van der Waals surface area contributed by atoms with Crippen molar-refractivity contribution < 1.29 is 9.53 Å². The van der Waals surface area contributed by atoms with Crippen molar-refractivity contribution in [3.05, 3.63) is 29.6 Å². The molecule has 6 nitrogen and oxygen atoms in total. The van der Waals surface area contributed by atoms with Crippen LogP contribution < -0.4 is 5.32 Å². The van der Waals surface area contributed by atoms with Crippen molar-refractivity contribution >= 4 is 16.9 Å². The van der Waals surface area contributed by atoms with Crippen molar-refractivity contribution in [1.82, 2.24) is 19.8 Å². The molecule has 1 saturated heterocycles.